The number of hydrogen-bond donors (Lipinski definition) is 3. The van der Waals surface area contributed by atoms with Gasteiger partial charge in [0, 0.05) is 23.4 Å². The minimum atomic E-state index is -4.35. The van der Waals surface area contributed by atoms with Gasteiger partial charge >= 0.3 is 6.18 Å². The Labute approximate surface area is 194 Å². The van der Waals surface area contributed by atoms with Crippen LogP contribution in [0.2, 0.25) is 0 Å². The Kier molecular flexibility index (Phi) is 9.76. The summed E-state index contributed by atoms with van der Waals surface area (Å²) in [7, 11) is 0. The summed E-state index contributed by atoms with van der Waals surface area (Å²) in [6.07, 6.45) is -4.35. The van der Waals surface area contributed by atoms with E-state index in [-0.39, 0.29) is 6.61 Å². The quantitative estimate of drug-likeness (QED) is 0.245. The molecule has 0 aliphatic heterocycles. The number of hydrogen-bond acceptors (Lipinski definition) is 7. The first-order chi connectivity index (χ1) is 16.0. The SMILES string of the molecule is OCCOCCOCCNCc1ccc2cccc(NSc3ccc(C(F)(F)F)cc3)c2n1. The van der Waals surface area contributed by atoms with Crippen molar-refractivity contribution in [1.29, 1.82) is 0 Å². The number of fused-ring (bicyclic) bond motifs is 1. The summed E-state index contributed by atoms with van der Waals surface area (Å²) >= 11 is 1.23. The van der Waals surface area contributed by atoms with Crippen molar-refractivity contribution in [3.05, 3.63) is 65.9 Å². The monoisotopic (exact) mass is 481 g/mol. The highest BCUT2D eigenvalue weighted by Gasteiger charge is 2.29. The van der Waals surface area contributed by atoms with Crippen LogP contribution in [0.3, 0.4) is 0 Å². The Hall–Kier alpha value is -2.37. The third-order valence-electron chi connectivity index (χ3n) is 4.58. The number of halogens is 3. The molecule has 3 aromatic rings. The zero-order valence-corrected chi connectivity index (χ0v) is 18.7. The molecule has 0 saturated heterocycles. The molecule has 0 amide bonds. The fourth-order valence-corrected chi connectivity index (χ4v) is 3.61. The van der Waals surface area contributed by atoms with E-state index in [1.165, 1.54) is 24.1 Å². The molecule has 0 saturated carbocycles. The van der Waals surface area contributed by atoms with Crippen LogP contribution >= 0.6 is 11.9 Å². The second kappa shape index (κ2) is 12.8. The summed E-state index contributed by atoms with van der Waals surface area (Å²) in [6.45, 7) is 3.01. The lowest BCUT2D eigenvalue weighted by Crippen LogP contribution is -2.21. The molecule has 10 heteroatoms. The van der Waals surface area contributed by atoms with Gasteiger partial charge in [0.15, 0.2) is 0 Å². The number of para-hydroxylation sites is 1. The molecule has 178 valence electrons. The van der Waals surface area contributed by atoms with Gasteiger partial charge in [-0.1, -0.05) is 18.2 Å². The maximum Gasteiger partial charge on any atom is 0.416 e. The lowest BCUT2D eigenvalue weighted by Gasteiger charge is -2.11. The first-order valence-corrected chi connectivity index (χ1v) is 11.2. The summed E-state index contributed by atoms with van der Waals surface area (Å²) in [5.41, 5.74) is 1.76. The number of pyridine rings is 1. The molecule has 6 nitrogen and oxygen atoms in total. The van der Waals surface area contributed by atoms with Crippen LogP contribution < -0.4 is 10.0 Å². The molecule has 2 aromatic carbocycles. The van der Waals surface area contributed by atoms with Gasteiger partial charge in [-0.25, -0.2) is 4.98 Å². The van der Waals surface area contributed by atoms with Crippen molar-refractivity contribution in [2.75, 3.05) is 44.3 Å². The van der Waals surface area contributed by atoms with Crippen LogP contribution in [0.1, 0.15) is 11.3 Å². The zero-order valence-electron chi connectivity index (χ0n) is 17.9. The number of anilines is 1. The van der Waals surface area contributed by atoms with E-state index >= 15 is 0 Å². The highest BCUT2D eigenvalue weighted by Crippen LogP contribution is 2.32. The minimum absolute atomic E-state index is 0.00525. The van der Waals surface area contributed by atoms with Crippen LogP contribution in [-0.2, 0) is 22.2 Å². The van der Waals surface area contributed by atoms with E-state index in [0.29, 0.717) is 44.4 Å². The zero-order chi connectivity index (χ0) is 23.5. The summed E-state index contributed by atoms with van der Waals surface area (Å²) in [6, 6.07) is 14.7. The van der Waals surface area contributed by atoms with Crippen LogP contribution in [0.4, 0.5) is 18.9 Å². The Morgan fingerprint density at radius 3 is 2.39 bits per heavy atom. The van der Waals surface area contributed by atoms with Crippen LogP contribution in [0, 0.1) is 0 Å². The normalized spacial score (nSPS) is 11.8. The van der Waals surface area contributed by atoms with Crippen molar-refractivity contribution in [1.82, 2.24) is 10.3 Å². The van der Waals surface area contributed by atoms with Gasteiger partial charge in [0.1, 0.15) is 0 Å². The third-order valence-corrected chi connectivity index (χ3v) is 5.41. The van der Waals surface area contributed by atoms with Gasteiger partial charge in [-0.2, -0.15) is 13.2 Å². The standard InChI is InChI=1S/C23H26F3N3O3S/c24-23(25,26)18-5-8-20(9-6-18)33-29-21-3-1-2-17-4-7-19(28-22(17)21)16-27-10-12-31-14-15-32-13-11-30/h1-9,27,29-30H,10-16H2. The Bertz CT molecular complexity index is 1000. The number of nitrogens with zero attached hydrogens (tertiary/aromatic N) is 1. The fraction of sp³-hybridized carbons (Fsp3) is 0.348. The van der Waals surface area contributed by atoms with Crippen LogP contribution in [0.15, 0.2) is 59.5 Å². The number of aliphatic hydroxyl groups excluding tert-OH is 1. The Morgan fingerprint density at radius 2 is 1.67 bits per heavy atom. The predicted molar refractivity (Wildman–Crippen MR) is 123 cm³/mol. The smallest absolute Gasteiger partial charge is 0.394 e. The molecule has 3 rings (SSSR count). The predicted octanol–water partition coefficient (Wildman–Crippen LogP) is 4.49. The van der Waals surface area contributed by atoms with Crippen molar-refractivity contribution in [2.24, 2.45) is 0 Å². The van der Waals surface area contributed by atoms with Gasteiger partial charge < -0.3 is 24.6 Å². The summed E-state index contributed by atoms with van der Waals surface area (Å²) < 4.78 is 52.0. The molecule has 0 fully saturated rings. The average Bonchev–Trinajstić information content (AvgIpc) is 2.81. The molecule has 0 bridgehead atoms. The minimum Gasteiger partial charge on any atom is -0.394 e. The maximum atomic E-state index is 12.7. The molecule has 0 aliphatic rings. The second-order valence-electron chi connectivity index (χ2n) is 7.03. The third kappa shape index (κ3) is 8.17. The molecular formula is C23H26F3N3O3S. The van der Waals surface area contributed by atoms with Crippen LogP contribution in [-0.4, -0.2) is 49.7 Å². The van der Waals surface area contributed by atoms with Crippen LogP contribution in [0.5, 0.6) is 0 Å². The number of benzene rings is 2. The van der Waals surface area contributed by atoms with Crippen molar-refractivity contribution < 1.29 is 27.8 Å². The van der Waals surface area contributed by atoms with Crippen LogP contribution in [0.25, 0.3) is 10.9 Å². The number of aromatic nitrogens is 1. The first-order valence-electron chi connectivity index (χ1n) is 10.4. The van der Waals surface area contributed by atoms with E-state index < -0.39 is 11.7 Å². The number of aliphatic hydroxyl groups is 1. The molecule has 0 aliphatic carbocycles. The lowest BCUT2D eigenvalue weighted by atomic mass is 10.2. The second-order valence-corrected chi connectivity index (χ2v) is 7.91. The van der Waals surface area contributed by atoms with E-state index in [1.54, 1.807) is 0 Å². The largest absolute Gasteiger partial charge is 0.416 e. The molecule has 1 aromatic heterocycles. The lowest BCUT2D eigenvalue weighted by molar-refractivity contribution is -0.137. The molecule has 0 unspecified atom stereocenters. The van der Waals surface area contributed by atoms with Gasteiger partial charge in [-0.3, -0.25) is 0 Å². The van der Waals surface area contributed by atoms with Gasteiger partial charge in [0.25, 0.3) is 0 Å². The molecule has 0 radical (unpaired) electrons. The van der Waals surface area contributed by atoms with Crippen molar-refractivity contribution in [2.45, 2.75) is 17.6 Å². The molecule has 1 heterocycles. The number of alkyl halides is 3. The molecular weight excluding hydrogens is 455 g/mol. The molecule has 33 heavy (non-hydrogen) atoms. The summed E-state index contributed by atoms with van der Waals surface area (Å²) in [4.78, 5) is 5.40. The first kappa shape index (κ1) is 25.3. The highest BCUT2D eigenvalue weighted by molar-refractivity contribution is 8.00. The molecule has 3 N–H and O–H groups in total. The van der Waals surface area contributed by atoms with E-state index in [1.807, 2.05) is 30.3 Å². The van der Waals surface area contributed by atoms with E-state index in [4.69, 9.17) is 19.6 Å². The van der Waals surface area contributed by atoms with Gasteiger partial charge in [-0.05, 0) is 48.3 Å². The van der Waals surface area contributed by atoms with Gasteiger partial charge in [0.2, 0.25) is 0 Å². The number of ether oxygens (including phenoxy) is 2. The maximum absolute atomic E-state index is 12.7. The van der Waals surface area contributed by atoms with E-state index in [2.05, 4.69) is 10.0 Å². The number of rotatable bonds is 13. The van der Waals surface area contributed by atoms with Gasteiger partial charge in [0.05, 0.1) is 55.5 Å². The topological polar surface area (TPSA) is 75.6 Å². The van der Waals surface area contributed by atoms with Crippen molar-refractivity contribution in [3.8, 4) is 0 Å². The van der Waals surface area contributed by atoms with Crippen molar-refractivity contribution in [3.63, 3.8) is 0 Å². The summed E-state index contributed by atoms with van der Waals surface area (Å²) in [5, 5.41) is 12.9. The van der Waals surface area contributed by atoms with Gasteiger partial charge in [-0.15, -0.1) is 0 Å². The highest BCUT2D eigenvalue weighted by atomic mass is 32.2. The van der Waals surface area contributed by atoms with Crippen molar-refractivity contribution >= 4 is 28.5 Å². The summed E-state index contributed by atoms with van der Waals surface area (Å²) in [5.74, 6) is 0. The average molecular weight is 482 g/mol. The fourth-order valence-electron chi connectivity index (χ4n) is 2.94. The molecule has 0 atom stereocenters. The Balaban J connectivity index is 1.52. The number of nitrogens with one attached hydrogen (secondary N) is 2. The molecule has 0 spiro atoms. The Morgan fingerprint density at radius 1 is 0.909 bits per heavy atom. The van der Waals surface area contributed by atoms with E-state index in [9.17, 15) is 13.2 Å². The van der Waals surface area contributed by atoms with E-state index in [0.717, 1.165) is 34.4 Å².